The van der Waals surface area contributed by atoms with Gasteiger partial charge in [0.2, 0.25) is 0 Å². The van der Waals surface area contributed by atoms with Crippen LogP contribution in [0.3, 0.4) is 0 Å². The lowest BCUT2D eigenvalue weighted by Gasteiger charge is -1.98. The Hall–Kier alpha value is -2.42. The number of carbonyl (C=O) groups excluding carboxylic acids is 1. The molecule has 0 saturated heterocycles. The minimum absolute atomic E-state index is 0.653. The number of aryl methyl sites for hydroxylation is 1. The summed E-state index contributed by atoms with van der Waals surface area (Å²) in [6.07, 6.45) is 5.52. The van der Waals surface area contributed by atoms with Crippen molar-refractivity contribution in [3.05, 3.63) is 71.2 Å². The average Bonchev–Trinajstić information content (AvgIpc) is 2.82. The van der Waals surface area contributed by atoms with Crippen LogP contribution in [-0.2, 0) is 6.42 Å². The van der Waals surface area contributed by atoms with Gasteiger partial charge in [-0.2, -0.15) is 0 Å². The van der Waals surface area contributed by atoms with E-state index in [-0.39, 0.29) is 0 Å². The predicted molar refractivity (Wildman–Crippen MR) is 74.6 cm³/mol. The van der Waals surface area contributed by atoms with Crippen molar-refractivity contribution in [2.45, 2.75) is 13.3 Å². The Morgan fingerprint density at radius 1 is 1.21 bits per heavy atom. The van der Waals surface area contributed by atoms with E-state index in [2.05, 4.69) is 36.2 Å². The number of imidazole rings is 1. The third kappa shape index (κ3) is 2.40. The zero-order chi connectivity index (χ0) is 13.2. The van der Waals surface area contributed by atoms with E-state index in [1.807, 2.05) is 16.8 Å². The molecule has 3 aromatic rings. The van der Waals surface area contributed by atoms with Crippen LogP contribution in [0.15, 0.2) is 48.8 Å². The number of aldehydes is 1. The summed E-state index contributed by atoms with van der Waals surface area (Å²) >= 11 is 0. The van der Waals surface area contributed by atoms with Crippen LogP contribution in [0.5, 0.6) is 0 Å². The topological polar surface area (TPSA) is 34.4 Å². The number of fused-ring (bicyclic) bond motifs is 1. The average molecular weight is 250 g/mol. The monoisotopic (exact) mass is 250 g/mol. The van der Waals surface area contributed by atoms with Gasteiger partial charge in [0, 0.05) is 24.4 Å². The van der Waals surface area contributed by atoms with Crippen LogP contribution in [0.2, 0.25) is 0 Å². The van der Waals surface area contributed by atoms with Crippen LogP contribution >= 0.6 is 0 Å². The van der Waals surface area contributed by atoms with Crippen molar-refractivity contribution >= 4 is 11.9 Å². The minimum Gasteiger partial charge on any atom is -0.307 e. The van der Waals surface area contributed by atoms with Crippen LogP contribution in [0, 0.1) is 6.92 Å². The molecule has 0 amide bonds. The minimum atomic E-state index is 0.653. The fourth-order valence-corrected chi connectivity index (χ4v) is 2.12. The molecular weight excluding hydrogens is 236 g/mol. The lowest BCUT2D eigenvalue weighted by atomic mass is 10.1. The molecule has 0 N–H and O–H groups in total. The van der Waals surface area contributed by atoms with Crippen molar-refractivity contribution in [3.63, 3.8) is 0 Å². The van der Waals surface area contributed by atoms with Crippen molar-refractivity contribution < 1.29 is 4.79 Å². The predicted octanol–water partition coefficient (Wildman–Crippen LogP) is 3.05. The first-order chi connectivity index (χ1) is 9.24. The molecule has 0 saturated carbocycles. The Balaban J connectivity index is 1.92. The summed E-state index contributed by atoms with van der Waals surface area (Å²) in [6, 6.07) is 12.0. The smallest absolute Gasteiger partial charge is 0.150 e. The third-order valence-electron chi connectivity index (χ3n) is 3.18. The van der Waals surface area contributed by atoms with E-state index >= 15 is 0 Å². The largest absolute Gasteiger partial charge is 0.307 e. The lowest BCUT2D eigenvalue weighted by molar-refractivity contribution is 0.112. The van der Waals surface area contributed by atoms with Crippen molar-refractivity contribution in [1.29, 1.82) is 0 Å². The fraction of sp³-hybridized carbons (Fsp3) is 0.125. The molecule has 0 aliphatic heterocycles. The summed E-state index contributed by atoms with van der Waals surface area (Å²) in [7, 11) is 0. The summed E-state index contributed by atoms with van der Waals surface area (Å²) in [5.74, 6) is 0. The first kappa shape index (κ1) is 11.7. The van der Waals surface area contributed by atoms with Crippen LogP contribution in [-0.4, -0.2) is 15.7 Å². The fourth-order valence-electron chi connectivity index (χ4n) is 2.12. The van der Waals surface area contributed by atoms with Crippen LogP contribution < -0.4 is 0 Å². The van der Waals surface area contributed by atoms with Gasteiger partial charge in [0.1, 0.15) is 11.9 Å². The van der Waals surface area contributed by atoms with E-state index in [9.17, 15) is 4.79 Å². The maximum absolute atomic E-state index is 10.7. The number of aromatic nitrogens is 2. The molecular formula is C16H14N2O. The van der Waals surface area contributed by atoms with Gasteiger partial charge < -0.3 is 4.40 Å². The normalized spacial score (nSPS) is 10.8. The molecule has 19 heavy (non-hydrogen) atoms. The van der Waals surface area contributed by atoms with Gasteiger partial charge >= 0.3 is 0 Å². The summed E-state index contributed by atoms with van der Waals surface area (Å²) in [4.78, 5) is 15.3. The number of benzene rings is 1. The summed E-state index contributed by atoms with van der Waals surface area (Å²) in [6.45, 7) is 2.08. The van der Waals surface area contributed by atoms with E-state index in [0.717, 1.165) is 24.0 Å². The Kier molecular flexibility index (Phi) is 2.88. The van der Waals surface area contributed by atoms with Crippen LogP contribution in [0.25, 0.3) is 5.65 Å². The molecule has 94 valence electrons. The van der Waals surface area contributed by atoms with Gasteiger partial charge in [-0.15, -0.1) is 0 Å². The second kappa shape index (κ2) is 4.69. The highest BCUT2D eigenvalue weighted by Crippen LogP contribution is 2.12. The van der Waals surface area contributed by atoms with Gasteiger partial charge in [0.25, 0.3) is 0 Å². The van der Waals surface area contributed by atoms with Gasteiger partial charge in [-0.05, 0) is 24.6 Å². The van der Waals surface area contributed by atoms with E-state index in [1.165, 1.54) is 11.1 Å². The SMILES string of the molecule is Cc1ccc(Cc2cn3ccc(C=O)cc3n2)cc1. The highest BCUT2D eigenvalue weighted by atomic mass is 16.1. The number of carbonyl (C=O) groups is 1. The molecule has 0 atom stereocenters. The van der Waals surface area contributed by atoms with Crippen molar-refractivity contribution in [3.8, 4) is 0 Å². The maximum atomic E-state index is 10.7. The first-order valence-corrected chi connectivity index (χ1v) is 6.23. The van der Waals surface area contributed by atoms with E-state index in [1.54, 1.807) is 12.1 Å². The molecule has 1 aromatic carbocycles. The molecule has 2 heterocycles. The van der Waals surface area contributed by atoms with Gasteiger partial charge in [-0.3, -0.25) is 4.79 Å². The summed E-state index contributed by atoms with van der Waals surface area (Å²) in [5.41, 5.74) is 4.97. The van der Waals surface area contributed by atoms with Crippen molar-refractivity contribution in [1.82, 2.24) is 9.38 Å². The molecule has 3 rings (SSSR count). The molecule has 0 fully saturated rings. The Morgan fingerprint density at radius 3 is 2.74 bits per heavy atom. The van der Waals surface area contributed by atoms with E-state index < -0.39 is 0 Å². The first-order valence-electron chi connectivity index (χ1n) is 6.23. The van der Waals surface area contributed by atoms with E-state index in [4.69, 9.17) is 0 Å². The van der Waals surface area contributed by atoms with Gasteiger partial charge in [-0.1, -0.05) is 29.8 Å². The Morgan fingerprint density at radius 2 is 2.00 bits per heavy atom. The lowest BCUT2D eigenvalue weighted by Crippen LogP contribution is -1.87. The number of hydrogen-bond acceptors (Lipinski definition) is 2. The zero-order valence-electron chi connectivity index (χ0n) is 10.7. The molecule has 0 spiro atoms. The highest BCUT2D eigenvalue weighted by Gasteiger charge is 2.03. The summed E-state index contributed by atoms with van der Waals surface area (Å²) in [5, 5.41) is 0. The van der Waals surface area contributed by atoms with Gasteiger partial charge in [-0.25, -0.2) is 4.98 Å². The molecule has 0 aliphatic rings. The number of pyridine rings is 1. The molecule has 2 aromatic heterocycles. The summed E-state index contributed by atoms with van der Waals surface area (Å²) < 4.78 is 1.94. The quantitative estimate of drug-likeness (QED) is 0.669. The number of nitrogens with zero attached hydrogens (tertiary/aromatic N) is 2. The molecule has 3 heteroatoms. The number of rotatable bonds is 3. The second-order valence-corrected chi connectivity index (χ2v) is 4.74. The van der Waals surface area contributed by atoms with Crippen molar-refractivity contribution in [2.24, 2.45) is 0 Å². The molecule has 0 unspecified atom stereocenters. The van der Waals surface area contributed by atoms with Gasteiger partial charge in [0.05, 0.1) is 5.69 Å². The Bertz CT molecular complexity index is 726. The second-order valence-electron chi connectivity index (χ2n) is 4.74. The van der Waals surface area contributed by atoms with Crippen LogP contribution in [0.4, 0.5) is 0 Å². The van der Waals surface area contributed by atoms with Crippen LogP contribution in [0.1, 0.15) is 27.2 Å². The zero-order valence-corrected chi connectivity index (χ0v) is 10.7. The molecule has 0 aliphatic carbocycles. The van der Waals surface area contributed by atoms with E-state index in [0.29, 0.717) is 5.56 Å². The Labute approximate surface area is 111 Å². The number of hydrogen-bond donors (Lipinski definition) is 0. The van der Waals surface area contributed by atoms with Gasteiger partial charge in [0.15, 0.2) is 0 Å². The maximum Gasteiger partial charge on any atom is 0.150 e. The highest BCUT2D eigenvalue weighted by molar-refractivity contribution is 5.76. The molecule has 0 bridgehead atoms. The van der Waals surface area contributed by atoms with Crippen molar-refractivity contribution in [2.75, 3.05) is 0 Å². The molecule has 0 radical (unpaired) electrons. The molecule has 3 nitrogen and oxygen atoms in total. The standard InChI is InChI=1S/C16H14N2O/c1-12-2-4-13(5-3-12)8-15-10-18-7-6-14(11-19)9-16(18)17-15/h2-7,9-11H,8H2,1H3. The third-order valence-corrected chi connectivity index (χ3v) is 3.18.